The van der Waals surface area contributed by atoms with E-state index in [2.05, 4.69) is 21.2 Å². The fraction of sp³-hybridized carbons (Fsp3) is 0.357. The topological polar surface area (TPSA) is 92.7 Å². The van der Waals surface area contributed by atoms with Crippen LogP contribution in [0.2, 0.25) is 0 Å². The number of nitrogens with zero attached hydrogens (tertiary/aromatic N) is 4. The maximum atomic E-state index is 11.5. The summed E-state index contributed by atoms with van der Waals surface area (Å²) in [6.45, 7) is 5.16. The van der Waals surface area contributed by atoms with Gasteiger partial charge in [0.1, 0.15) is 11.1 Å². The van der Waals surface area contributed by atoms with Crippen molar-refractivity contribution >= 4 is 17.5 Å². The summed E-state index contributed by atoms with van der Waals surface area (Å²) in [6, 6.07) is 3.65. The Bertz CT molecular complexity index is 718. The fourth-order valence-corrected chi connectivity index (χ4v) is 2.59. The minimum absolute atomic E-state index is 0.0995. The molecule has 0 aliphatic rings. The second kappa shape index (κ2) is 6.50. The predicted molar refractivity (Wildman–Crippen MR) is 76.9 cm³/mol. The number of aromatic nitrogens is 3. The molecule has 0 unspecified atom stereocenters. The third-order valence-electron chi connectivity index (χ3n) is 2.84. The number of carbonyl (C=O) groups is 1. The molecule has 2 aromatic heterocycles. The summed E-state index contributed by atoms with van der Waals surface area (Å²) in [7, 11) is 0. The van der Waals surface area contributed by atoms with Gasteiger partial charge in [0.25, 0.3) is 0 Å². The van der Waals surface area contributed by atoms with Gasteiger partial charge >= 0.3 is 0 Å². The molecule has 7 heteroatoms. The molecule has 0 amide bonds. The van der Waals surface area contributed by atoms with Gasteiger partial charge in [-0.3, -0.25) is 4.79 Å². The summed E-state index contributed by atoms with van der Waals surface area (Å²) >= 11 is 1.34. The van der Waals surface area contributed by atoms with Crippen molar-refractivity contribution in [3.63, 3.8) is 0 Å². The van der Waals surface area contributed by atoms with Crippen molar-refractivity contribution in [1.82, 2.24) is 15.1 Å². The van der Waals surface area contributed by atoms with Crippen LogP contribution in [0.15, 0.2) is 15.6 Å². The molecule has 0 aliphatic carbocycles. The van der Waals surface area contributed by atoms with Crippen molar-refractivity contribution in [3.8, 4) is 6.07 Å². The van der Waals surface area contributed by atoms with Crippen molar-refractivity contribution in [2.24, 2.45) is 0 Å². The van der Waals surface area contributed by atoms with E-state index in [1.807, 2.05) is 6.92 Å². The first-order valence-corrected chi connectivity index (χ1v) is 7.40. The highest BCUT2D eigenvalue weighted by molar-refractivity contribution is 7.98. The second-order valence-electron chi connectivity index (χ2n) is 4.39. The monoisotopic (exact) mass is 302 g/mol. The van der Waals surface area contributed by atoms with E-state index in [1.165, 1.54) is 18.7 Å². The number of nitriles is 1. The molecule has 0 saturated heterocycles. The van der Waals surface area contributed by atoms with Gasteiger partial charge in [0, 0.05) is 17.7 Å². The van der Waals surface area contributed by atoms with Crippen LogP contribution < -0.4 is 0 Å². The van der Waals surface area contributed by atoms with Crippen LogP contribution >= 0.6 is 11.8 Å². The Morgan fingerprint density at radius 1 is 1.48 bits per heavy atom. The van der Waals surface area contributed by atoms with E-state index in [0.717, 1.165) is 0 Å². The molecule has 0 saturated carbocycles. The van der Waals surface area contributed by atoms with Crippen LogP contribution in [0, 0.1) is 18.3 Å². The summed E-state index contributed by atoms with van der Waals surface area (Å²) < 4.78 is 5.10. The van der Waals surface area contributed by atoms with E-state index in [9.17, 15) is 10.1 Å². The Morgan fingerprint density at radius 3 is 2.81 bits per heavy atom. The highest BCUT2D eigenvalue weighted by atomic mass is 32.2. The smallest absolute Gasteiger partial charge is 0.237 e. The molecule has 0 atom stereocenters. The Morgan fingerprint density at radius 2 is 2.24 bits per heavy atom. The predicted octanol–water partition coefficient (Wildman–Crippen LogP) is 2.70. The largest absolute Gasteiger partial charge is 0.338 e. The van der Waals surface area contributed by atoms with Gasteiger partial charge < -0.3 is 4.52 Å². The minimum Gasteiger partial charge on any atom is -0.338 e. The van der Waals surface area contributed by atoms with Gasteiger partial charge in [-0.25, -0.2) is 4.98 Å². The molecule has 0 aliphatic heterocycles. The molecule has 0 spiro atoms. The van der Waals surface area contributed by atoms with Crippen molar-refractivity contribution in [2.75, 3.05) is 0 Å². The summed E-state index contributed by atoms with van der Waals surface area (Å²) in [4.78, 5) is 20.0. The van der Waals surface area contributed by atoms with E-state index >= 15 is 0 Å². The molecule has 0 aromatic carbocycles. The number of ketones is 1. The molecule has 2 heterocycles. The molecule has 0 radical (unpaired) electrons. The van der Waals surface area contributed by atoms with Crippen molar-refractivity contribution in [1.29, 1.82) is 5.26 Å². The third-order valence-corrected chi connectivity index (χ3v) is 3.81. The number of Topliss-reactive ketones (excluding diaryl/α,β-unsaturated/α-hetero) is 1. The molecule has 0 fully saturated rings. The number of thioether (sulfide) groups is 1. The SMILES string of the molecule is CCc1noc(CSc2nc(C)c(C(C)=O)cc2C#N)n1. The maximum absolute atomic E-state index is 11.5. The van der Waals surface area contributed by atoms with Gasteiger partial charge in [-0.05, 0) is 19.9 Å². The zero-order chi connectivity index (χ0) is 15.4. The van der Waals surface area contributed by atoms with Gasteiger partial charge in [-0.2, -0.15) is 10.2 Å². The molecule has 0 N–H and O–H groups in total. The molecule has 21 heavy (non-hydrogen) atoms. The molecule has 0 bridgehead atoms. The minimum atomic E-state index is -0.0995. The number of hydrogen-bond acceptors (Lipinski definition) is 7. The summed E-state index contributed by atoms with van der Waals surface area (Å²) in [5.41, 5.74) is 1.47. The number of pyridine rings is 1. The van der Waals surface area contributed by atoms with Crippen LogP contribution in [0.5, 0.6) is 0 Å². The van der Waals surface area contributed by atoms with E-state index in [4.69, 9.17) is 4.52 Å². The number of carbonyl (C=O) groups excluding carboxylic acids is 1. The molecule has 2 rings (SSSR count). The maximum Gasteiger partial charge on any atom is 0.237 e. The molecular weight excluding hydrogens is 288 g/mol. The lowest BCUT2D eigenvalue weighted by atomic mass is 10.1. The van der Waals surface area contributed by atoms with Crippen LogP contribution in [-0.4, -0.2) is 20.9 Å². The lowest BCUT2D eigenvalue weighted by Crippen LogP contribution is -2.02. The zero-order valence-corrected chi connectivity index (χ0v) is 12.8. The molecule has 6 nitrogen and oxygen atoms in total. The quantitative estimate of drug-likeness (QED) is 0.619. The number of hydrogen-bond donors (Lipinski definition) is 0. The van der Waals surface area contributed by atoms with Gasteiger partial charge in [0.2, 0.25) is 5.89 Å². The Labute approximate surface area is 126 Å². The van der Waals surface area contributed by atoms with Gasteiger partial charge in [0.15, 0.2) is 11.6 Å². The Kier molecular flexibility index (Phi) is 4.70. The first-order chi connectivity index (χ1) is 10.0. The second-order valence-corrected chi connectivity index (χ2v) is 5.35. The van der Waals surface area contributed by atoms with Gasteiger partial charge in [0.05, 0.1) is 11.3 Å². The molecule has 108 valence electrons. The van der Waals surface area contributed by atoms with E-state index in [0.29, 0.717) is 45.7 Å². The van der Waals surface area contributed by atoms with Crippen LogP contribution in [-0.2, 0) is 12.2 Å². The van der Waals surface area contributed by atoms with Crippen molar-refractivity contribution in [3.05, 3.63) is 34.6 Å². The summed E-state index contributed by atoms with van der Waals surface area (Å²) in [6.07, 6.45) is 0.711. The average molecular weight is 302 g/mol. The van der Waals surface area contributed by atoms with E-state index in [-0.39, 0.29) is 5.78 Å². The Balaban J connectivity index is 2.21. The lowest BCUT2D eigenvalue weighted by Gasteiger charge is -2.06. The normalized spacial score (nSPS) is 10.4. The number of aryl methyl sites for hydroxylation is 2. The standard InChI is InChI=1S/C14H14N4O2S/c1-4-12-17-13(20-18-12)7-21-14-10(6-15)5-11(9(3)19)8(2)16-14/h5H,4,7H2,1-3H3. The van der Waals surface area contributed by atoms with E-state index < -0.39 is 0 Å². The van der Waals surface area contributed by atoms with Crippen molar-refractivity contribution < 1.29 is 9.32 Å². The fourth-order valence-electron chi connectivity index (χ4n) is 1.75. The van der Waals surface area contributed by atoms with E-state index in [1.54, 1.807) is 13.0 Å². The zero-order valence-electron chi connectivity index (χ0n) is 12.0. The van der Waals surface area contributed by atoms with Crippen LogP contribution in [0.25, 0.3) is 0 Å². The van der Waals surface area contributed by atoms with Gasteiger partial charge in [-0.15, -0.1) is 0 Å². The van der Waals surface area contributed by atoms with Crippen LogP contribution in [0.1, 0.15) is 47.2 Å². The summed E-state index contributed by atoms with van der Waals surface area (Å²) in [5, 5.41) is 13.6. The number of rotatable bonds is 5. The highest BCUT2D eigenvalue weighted by Gasteiger charge is 2.14. The Hall–Kier alpha value is -2.20. The average Bonchev–Trinajstić information content (AvgIpc) is 2.92. The third kappa shape index (κ3) is 3.47. The first kappa shape index (κ1) is 15.2. The van der Waals surface area contributed by atoms with Gasteiger partial charge in [-0.1, -0.05) is 23.8 Å². The van der Waals surface area contributed by atoms with Crippen LogP contribution in [0.3, 0.4) is 0 Å². The molecular formula is C14H14N4O2S. The van der Waals surface area contributed by atoms with Crippen LogP contribution in [0.4, 0.5) is 0 Å². The highest BCUT2D eigenvalue weighted by Crippen LogP contribution is 2.25. The lowest BCUT2D eigenvalue weighted by molar-refractivity contribution is 0.101. The first-order valence-electron chi connectivity index (χ1n) is 6.42. The van der Waals surface area contributed by atoms with Crippen molar-refractivity contribution in [2.45, 2.75) is 38.0 Å². The summed E-state index contributed by atoms with van der Waals surface area (Å²) in [5.74, 6) is 1.49. The molecule has 2 aromatic rings.